The van der Waals surface area contributed by atoms with Crippen molar-refractivity contribution in [1.82, 2.24) is 0 Å². The molecule has 1 N–H and O–H groups in total. The predicted molar refractivity (Wildman–Crippen MR) is 80.4 cm³/mol. The van der Waals surface area contributed by atoms with Crippen molar-refractivity contribution < 1.29 is 27.8 Å². The molecule has 5 nitrogen and oxygen atoms in total. The minimum Gasteiger partial charge on any atom is -0.493 e. The molecule has 0 aromatic heterocycles. The number of halogens is 2. The number of ether oxygens (including phenoxy) is 3. The minimum absolute atomic E-state index is 0.0992. The highest BCUT2D eigenvalue weighted by Crippen LogP contribution is 2.38. The summed E-state index contributed by atoms with van der Waals surface area (Å²) in [6.45, 7) is 0. The Kier molecular flexibility index (Phi) is 5.00. The largest absolute Gasteiger partial charge is 0.493 e. The minimum atomic E-state index is -0.870. The van der Waals surface area contributed by atoms with Gasteiger partial charge in [0.2, 0.25) is 5.75 Å². The van der Waals surface area contributed by atoms with E-state index in [9.17, 15) is 13.6 Å². The summed E-state index contributed by atoms with van der Waals surface area (Å²) in [4.78, 5) is 12.3. The van der Waals surface area contributed by atoms with Gasteiger partial charge in [-0.15, -0.1) is 0 Å². The van der Waals surface area contributed by atoms with Crippen LogP contribution < -0.4 is 19.5 Å². The molecule has 23 heavy (non-hydrogen) atoms. The van der Waals surface area contributed by atoms with Crippen LogP contribution in [0.25, 0.3) is 0 Å². The van der Waals surface area contributed by atoms with Crippen LogP contribution in [0.3, 0.4) is 0 Å². The highest BCUT2D eigenvalue weighted by atomic mass is 19.1. The molecule has 2 aromatic carbocycles. The molecule has 0 atom stereocenters. The van der Waals surface area contributed by atoms with Crippen molar-refractivity contribution in [2.24, 2.45) is 0 Å². The Bertz CT molecular complexity index is 689. The van der Waals surface area contributed by atoms with E-state index in [1.807, 2.05) is 0 Å². The molecule has 0 fully saturated rings. The first-order valence-electron chi connectivity index (χ1n) is 6.57. The van der Waals surface area contributed by atoms with Gasteiger partial charge >= 0.3 is 0 Å². The molecule has 0 saturated heterocycles. The summed E-state index contributed by atoms with van der Waals surface area (Å²) < 4.78 is 42.6. The van der Waals surface area contributed by atoms with Gasteiger partial charge in [-0.25, -0.2) is 8.78 Å². The van der Waals surface area contributed by atoms with Crippen LogP contribution in [0, 0.1) is 11.6 Å². The van der Waals surface area contributed by atoms with Gasteiger partial charge in [-0.05, 0) is 24.3 Å². The number of rotatable bonds is 5. The van der Waals surface area contributed by atoms with Crippen LogP contribution in [0.15, 0.2) is 30.3 Å². The monoisotopic (exact) mass is 323 g/mol. The number of amides is 1. The molecule has 0 unspecified atom stereocenters. The van der Waals surface area contributed by atoms with E-state index in [4.69, 9.17) is 14.2 Å². The van der Waals surface area contributed by atoms with E-state index in [0.717, 1.165) is 12.1 Å². The third kappa shape index (κ3) is 3.33. The summed E-state index contributed by atoms with van der Waals surface area (Å²) in [5, 5.41) is 2.19. The van der Waals surface area contributed by atoms with Gasteiger partial charge in [0, 0.05) is 5.56 Å². The summed E-state index contributed by atoms with van der Waals surface area (Å²) in [5.41, 5.74) is -0.423. The van der Waals surface area contributed by atoms with E-state index in [1.165, 1.54) is 39.5 Å². The highest BCUT2D eigenvalue weighted by molar-refractivity contribution is 6.05. The van der Waals surface area contributed by atoms with Crippen molar-refractivity contribution in [1.29, 1.82) is 0 Å². The molecule has 0 heterocycles. The molecular weight excluding hydrogens is 308 g/mol. The van der Waals surface area contributed by atoms with Crippen molar-refractivity contribution in [2.75, 3.05) is 26.6 Å². The van der Waals surface area contributed by atoms with Gasteiger partial charge in [-0.3, -0.25) is 4.79 Å². The third-order valence-corrected chi connectivity index (χ3v) is 3.13. The smallest absolute Gasteiger partial charge is 0.256 e. The van der Waals surface area contributed by atoms with Gasteiger partial charge in [-0.1, -0.05) is 6.07 Å². The lowest BCUT2D eigenvalue weighted by Gasteiger charge is -2.14. The van der Waals surface area contributed by atoms with Crippen molar-refractivity contribution in [3.63, 3.8) is 0 Å². The van der Waals surface area contributed by atoms with E-state index in [1.54, 1.807) is 0 Å². The Labute approximate surface area is 131 Å². The maximum atomic E-state index is 13.6. The van der Waals surface area contributed by atoms with Crippen molar-refractivity contribution in [2.45, 2.75) is 0 Å². The first kappa shape index (κ1) is 16.5. The molecule has 2 aromatic rings. The molecule has 0 aliphatic heterocycles. The number of hydrogen-bond donors (Lipinski definition) is 1. The molecule has 0 radical (unpaired) electrons. The summed E-state index contributed by atoms with van der Waals surface area (Å²) in [5.74, 6) is -1.63. The number of benzene rings is 2. The molecule has 0 spiro atoms. The zero-order valence-corrected chi connectivity index (χ0v) is 12.8. The first-order valence-corrected chi connectivity index (χ1v) is 6.57. The number of hydrogen-bond acceptors (Lipinski definition) is 4. The molecule has 122 valence electrons. The first-order chi connectivity index (χ1) is 11.0. The van der Waals surface area contributed by atoms with Crippen LogP contribution >= 0.6 is 0 Å². The molecule has 0 aliphatic rings. The summed E-state index contributed by atoms with van der Waals surface area (Å²) in [6, 6.07) is 6.08. The van der Waals surface area contributed by atoms with Crippen LogP contribution in [-0.2, 0) is 0 Å². The van der Waals surface area contributed by atoms with Gasteiger partial charge in [0.1, 0.15) is 17.3 Å². The number of nitrogens with one attached hydrogen (secondary N) is 1. The fraction of sp³-hybridized carbons (Fsp3) is 0.188. The zero-order valence-electron chi connectivity index (χ0n) is 12.8. The van der Waals surface area contributed by atoms with Crippen LogP contribution in [0.5, 0.6) is 17.2 Å². The van der Waals surface area contributed by atoms with Gasteiger partial charge in [0.25, 0.3) is 5.91 Å². The summed E-state index contributed by atoms with van der Waals surface area (Å²) in [6.07, 6.45) is 0. The van der Waals surface area contributed by atoms with E-state index < -0.39 is 23.2 Å². The van der Waals surface area contributed by atoms with E-state index >= 15 is 0 Å². The Morgan fingerprint density at radius 2 is 1.48 bits per heavy atom. The van der Waals surface area contributed by atoms with Gasteiger partial charge in [0.05, 0.1) is 21.3 Å². The average molecular weight is 323 g/mol. The number of carbonyl (C=O) groups excluding carboxylic acids is 1. The second kappa shape index (κ2) is 6.95. The Balaban J connectivity index is 2.40. The quantitative estimate of drug-likeness (QED) is 0.918. The molecular formula is C16H15F2NO4. The fourth-order valence-corrected chi connectivity index (χ4v) is 2.02. The normalized spacial score (nSPS) is 10.1. The number of anilines is 1. The lowest BCUT2D eigenvalue weighted by atomic mass is 10.1. The number of para-hydroxylation sites is 1. The lowest BCUT2D eigenvalue weighted by Crippen LogP contribution is -2.15. The third-order valence-electron chi connectivity index (χ3n) is 3.13. The predicted octanol–water partition coefficient (Wildman–Crippen LogP) is 3.24. The van der Waals surface area contributed by atoms with Crippen molar-refractivity contribution in [3.05, 3.63) is 47.5 Å². The highest BCUT2D eigenvalue weighted by Gasteiger charge is 2.19. The number of carbonyl (C=O) groups is 1. The Morgan fingerprint density at radius 1 is 0.957 bits per heavy atom. The molecule has 2 rings (SSSR count). The number of methoxy groups -OCH3 is 3. The topological polar surface area (TPSA) is 56.8 Å². The van der Waals surface area contributed by atoms with Crippen molar-refractivity contribution >= 4 is 11.6 Å². The van der Waals surface area contributed by atoms with Gasteiger partial charge < -0.3 is 19.5 Å². The zero-order chi connectivity index (χ0) is 17.0. The maximum absolute atomic E-state index is 13.6. The van der Waals surface area contributed by atoms with Crippen molar-refractivity contribution in [3.8, 4) is 17.2 Å². The maximum Gasteiger partial charge on any atom is 0.256 e. The fourth-order valence-electron chi connectivity index (χ4n) is 2.02. The van der Waals surface area contributed by atoms with E-state index in [0.29, 0.717) is 5.75 Å². The molecule has 0 bridgehead atoms. The standard InChI is InChI=1S/C16H15F2NO4/c1-21-12-7-9(8-13(22-2)15(12)23-3)16(20)19-14-10(17)5-4-6-11(14)18/h4-8H,1-3H3,(H,19,20). The summed E-state index contributed by atoms with van der Waals surface area (Å²) in [7, 11) is 4.22. The molecule has 7 heteroatoms. The summed E-state index contributed by atoms with van der Waals surface area (Å²) >= 11 is 0. The van der Waals surface area contributed by atoms with E-state index in [2.05, 4.69) is 5.32 Å². The average Bonchev–Trinajstić information content (AvgIpc) is 2.56. The molecule has 0 saturated carbocycles. The second-order valence-corrected chi connectivity index (χ2v) is 4.46. The Morgan fingerprint density at radius 3 is 1.91 bits per heavy atom. The molecule has 0 aliphatic carbocycles. The second-order valence-electron chi connectivity index (χ2n) is 4.46. The molecule has 1 amide bonds. The van der Waals surface area contributed by atoms with Crippen LogP contribution in [0.4, 0.5) is 14.5 Å². The Hall–Kier alpha value is -2.83. The van der Waals surface area contributed by atoms with Crippen LogP contribution in [-0.4, -0.2) is 27.2 Å². The SMILES string of the molecule is COc1cc(C(=O)Nc2c(F)cccc2F)cc(OC)c1OC. The van der Waals surface area contributed by atoms with E-state index in [-0.39, 0.29) is 17.1 Å². The van der Waals surface area contributed by atoms with Crippen LogP contribution in [0.1, 0.15) is 10.4 Å². The van der Waals surface area contributed by atoms with Crippen LogP contribution in [0.2, 0.25) is 0 Å². The lowest BCUT2D eigenvalue weighted by molar-refractivity contribution is 0.102. The van der Waals surface area contributed by atoms with Gasteiger partial charge in [0.15, 0.2) is 11.5 Å². The van der Waals surface area contributed by atoms with Gasteiger partial charge in [-0.2, -0.15) is 0 Å².